The third-order valence-electron chi connectivity index (χ3n) is 4.63. The predicted octanol–water partition coefficient (Wildman–Crippen LogP) is 0.200. The van der Waals surface area contributed by atoms with Crippen molar-refractivity contribution in [1.29, 1.82) is 0 Å². The summed E-state index contributed by atoms with van der Waals surface area (Å²) in [7, 11) is 0. The van der Waals surface area contributed by atoms with Crippen LogP contribution in [0.25, 0.3) is 0 Å². The predicted molar refractivity (Wildman–Crippen MR) is 91.0 cm³/mol. The quantitative estimate of drug-likeness (QED) is 0.506. The topological polar surface area (TPSA) is 143 Å². The number of aliphatic hydroxyl groups excluding tert-OH is 2. The number of nitrogens with zero attached hydrogens (tertiary/aromatic N) is 2. The molecule has 0 aromatic carbocycles. The van der Waals surface area contributed by atoms with E-state index in [1.165, 1.54) is 6.20 Å². The van der Waals surface area contributed by atoms with Gasteiger partial charge in [0.15, 0.2) is 6.29 Å². The fraction of sp³-hybridized carbons (Fsp3) is 0.688. The molecule has 2 aliphatic rings. The molecule has 3 rings (SSSR count). The summed E-state index contributed by atoms with van der Waals surface area (Å²) in [6.45, 7) is 0.361. The Kier molecular flexibility index (Phi) is 5.67. The lowest BCUT2D eigenvalue weighted by Gasteiger charge is -2.28. The van der Waals surface area contributed by atoms with Gasteiger partial charge in [0, 0.05) is 18.7 Å². The number of nitrogens with two attached hydrogens (primary N) is 1. The first-order valence-corrected chi connectivity index (χ1v) is 8.69. The number of nitrogens with one attached hydrogen (secondary N) is 2. The van der Waals surface area contributed by atoms with Gasteiger partial charge in [-0.1, -0.05) is 0 Å². The first kappa shape index (κ1) is 17.8. The van der Waals surface area contributed by atoms with Crippen LogP contribution in [-0.4, -0.2) is 57.2 Å². The number of ether oxygens (including phenoxy) is 1. The van der Waals surface area contributed by atoms with Crippen molar-refractivity contribution in [2.75, 3.05) is 17.2 Å². The van der Waals surface area contributed by atoms with Crippen LogP contribution in [0.5, 0.6) is 0 Å². The van der Waals surface area contributed by atoms with Gasteiger partial charge in [-0.15, -0.1) is 0 Å². The Morgan fingerprint density at radius 3 is 2.72 bits per heavy atom. The molecule has 1 aromatic heterocycles. The van der Waals surface area contributed by atoms with Crippen LogP contribution in [0.15, 0.2) is 6.20 Å². The second-order valence-electron chi connectivity index (χ2n) is 6.69. The van der Waals surface area contributed by atoms with E-state index < -0.39 is 12.2 Å². The third kappa shape index (κ3) is 4.77. The molecule has 0 unspecified atom stereocenters. The molecule has 1 saturated heterocycles. The Bertz CT molecular complexity index is 606. The highest BCUT2D eigenvalue weighted by Crippen LogP contribution is 2.24. The summed E-state index contributed by atoms with van der Waals surface area (Å²) < 4.78 is 5.21. The Hall–Kier alpha value is -1.97. The molecule has 0 spiro atoms. The highest BCUT2D eigenvalue weighted by atomic mass is 16.6. The van der Waals surface area contributed by atoms with Gasteiger partial charge in [-0.25, -0.2) is 4.98 Å². The zero-order valence-corrected chi connectivity index (χ0v) is 14.0. The Labute approximate surface area is 146 Å². The fourth-order valence-electron chi connectivity index (χ4n) is 3.26. The minimum Gasteiger partial charge on any atom is -0.393 e. The SMILES string of the molecule is NC(=O)c1cnc(N[C@@H]2CC[C@@H](O)OC2)nc1N[C@@H]1CCC[C@H](O)C1. The average Bonchev–Trinajstić information content (AvgIpc) is 2.57. The van der Waals surface area contributed by atoms with Gasteiger partial charge in [0.2, 0.25) is 5.95 Å². The molecular formula is C16H25N5O4. The maximum Gasteiger partial charge on any atom is 0.254 e. The molecule has 9 heteroatoms. The zero-order chi connectivity index (χ0) is 17.8. The summed E-state index contributed by atoms with van der Waals surface area (Å²) in [6.07, 6.45) is 4.85. The third-order valence-corrected chi connectivity index (χ3v) is 4.63. The molecule has 1 aliphatic heterocycles. The van der Waals surface area contributed by atoms with Crippen molar-refractivity contribution in [3.63, 3.8) is 0 Å². The zero-order valence-electron chi connectivity index (χ0n) is 14.0. The van der Waals surface area contributed by atoms with Crippen LogP contribution in [0.1, 0.15) is 48.9 Å². The molecule has 1 aliphatic carbocycles. The van der Waals surface area contributed by atoms with Crippen LogP contribution in [-0.2, 0) is 4.74 Å². The maximum absolute atomic E-state index is 11.6. The van der Waals surface area contributed by atoms with Gasteiger partial charge in [-0.3, -0.25) is 4.79 Å². The van der Waals surface area contributed by atoms with Gasteiger partial charge in [0.05, 0.1) is 24.3 Å². The normalized spacial score (nSPS) is 29.8. The van der Waals surface area contributed by atoms with E-state index in [4.69, 9.17) is 10.5 Å². The van der Waals surface area contributed by atoms with E-state index in [1.807, 2.05) is 0 Å². The number of aromatic nitrogens is 2. The molecule has 138 valence electrons. The van der Waals surface area contributed by atoms with Gasteiger partial charge < -0.3 is 31.3 Å². The van der Waals surface area contributed by atoms with E-state index in [2.05, 4.69) is 20.6 Å². The van der Waals surface area contributed by atoms with Crippen LogP contribution in [0.2, 0.25) is 0 Å². The lowest BCUT2D eigenvalue weighted by atomic mass is 9.93. The van der Waals surface area contributed by atoms with Gasteiger partial charge in [-0.2, -0.15) is 4.98 Å². The second-order valence-corrected chi connectivity index (χ2v) is 6.69. The smallest absolute Gasteiger partial charge is 0.254 e. The fourth-order valence-corrected chi connectivity index (χ4v) is 3.26. The van der Waals surface area contributed by atoms with Crippen LogP contribution in [0.4, 0.5) is 11.8 Å². The molecule has 4 atom stereocenters. The molecule has 1 aromatic rings. The van der Waals surface area contributed by atoms with E-state index in [0.717, 1.165) is 25.7 Å². The summed E-state index contributed by atoms with van der Waals surface area (Å²) in [4.78, 5) is 20.2. The van der Waals surface area contributed by atoms with Crippen molar-refractivity contribution in [2.24, 2.45) is 5.73 Å². The summed E-state index contributed by atoms with van der Waals surface area (Å²) >= 11 is 0. The van der Waals surface area contributed by atoms with Gasteiger partial charge in [0.25, 0.3) is 5.91 Å². The van der Waals surface area contributed by atoms with Gasteiger partial charge >= 0.3 is 0 Å². The number of primary amides is 1. The van der Waals surface area contributed by atoms with Gasteiger partial charge in [-0.05, 0) is 32.1 Å². The second kappa shape index (κ2) is 7.94. The summed E-state index contributed by atoms with van der Waals surface area (Å²) in [5, 5.41) is 25.6. The summed E-state index contributed by atoms with van der Waals surface area (Å²) in [5.41, 5.74) is 5.64. The molecule has 25 heavy (non-hydrogen) atoms. The van der Waals surface area contributed by atoms with Crippen LogP contribution >= 0.6 is 0 Å². The molecule has 9 nitrogen and oxygen atoms in total. The largest absolute Gasteiger partial charge is 0.393 e. The molecule has 6 N–H and O–H groups in total. The van der Waals surface area contributed by atoms with E-state index >= 15 is 0 Å². The first-order valence-electron chi connectivity index (χ1n) is 8.69. The number of amides is 1. The van der Waals surface area contributed by atoms with E-state index in [0.29, 0.717) is 31.2 Å². The van der Waals surface area contributed by atoms with Crippen molar-refractivity contribution in [3.05, 3.63) is 11.8 Å². The molecule has 1 amide bonds. The van der Waals surface area contributed by atoms with Crippen LogP contribution < -0.4 is 16.4 Å². The molecule has 2 fully saturated rings. The molecule has 1 saturated carbocycles. The van der Waals surface area contributed by atoms with Crippen molar-refractivity contribution >= 4 is 17.7 Å². The van der Waals surface area contributed by atoms with E-state index in [1.54, 1.807) is 0 Å². The minimum atomic E-state index is -0.717. The van der Waals surface area contributed by atoms with Crippen LogP contribution in [0, 0.1) is 0 Å². The highest BCUT2D eigenvalue weighted by molar-refractivity contribution is 5.97. The Balaban J connectivity index is 1.71. The standard InChI is InChI=1S/C16H25N5O4/c17-14(24)12-7-18-16(20-10-4-5-13(23)25-8-10)21-15(12)19-9-2-1-3-11(22)6-9/h7,9-11,13,22-23H,1-6,8H2,(H2,17,24)(H2,18,19,20,21)/t9-,10-,11+,13+/m1/s1. The van der Waals surface area contributed by atoms with Crippen molar-refractivity contribution in [2.45, 2.75) is 63.0 Å². The summed E-state index contributed by atoms with van der Waals surface area (Å²) in [6, 6.07) is 0.0324. The Morgan fingerprint density at radius 1 is 1.20 bits per heavy atom. The van der Waals surface area contributed by atoms with Crippen LogP contribution in [0.3, 0.4) is 0 Å². The average molecular weight is 351 g/mol. The lowest BCUT2D eigenvalue weighted by molar-refractivity contribution is -0.126. The Morgan fingerprint density at radius 2 is 2.04 bits per heavy atom. The molecule has 0 radical (unpaired) electrons. The maximum atomic E-state index is 11.6. The monoisotopic (exact) mass is 351 g/mol. The van der Waals surface area contributed by atoms with Crippen molar-refractivity contribution in [1.82, 2.24) is 9.97 Å². The number of carbonyl (C=O) groups excluding carboxylic acids is 1. The number of anilines is 2. The molecule has 2 heterocycles. The number of aliphatic hydroxyl groups is 2. The lowest BCUT2D eigenvalue weighted by Crippen LogP contribution is -2.35. The number of carbonyl (C=O) groups is 1. The summed E-state index contributed by atoms with van der Waals surface area (Å²) in [5.74, 6) is 0.143. The van der Waals surface area contributed by atoms with Crippen molar-refractivity contribution in [3.8, 4) is 0 Å². The molecular weight excluding hydrogens is 326 g/mol. The minimum absolute atomic E-state index is 0.00724. The number of hydrogen-bond acceptors (Lipinski definition) is 8. The van der Waals surface area contributed by atoms with E-state index in [9.17, 15) is 15.0 Å². The van der Waals surface area contributed by atoms with Gasteiger partial charge in [0.1, 0.15) is 5.82 Å². The highest BCUT2D eigenvalue weighted by Gasteiger charge is 2.24. The van der Waals surface area contributed by atoms with E-state index in [-0.39, 0.29) is 23.8 Å². The first-order chi connectivity index (χ1) is 12.0. The number of hydrogen-bond donors (Lipinski definition) is 5. The number of rotatable bonds is 5. The molecule has 0 bridgehead atoms. The van der Waals surface area contributed by atoms with Crippen molar-refractivity contribution < 1.29 is 19.7 Å².